The molecular weight excluding hydrogens is 305 g/mol. The number of hydrogen-bond donors (Lipinski definition) is 1. The molecule has 5 heteroatoms. The van der Waals surface area contributed by atoms with E-state index in [0.717, 1.165) is 9.13 Å². The predicted molar refractivity (Wildman–Crippen MR) is 63.8 cm³/mol. The fraction of sp³-hybridized carbons (Fsp3) is 0. The summed E-state index contributed by atoms with van der Waals surface area (Å²) in [7, 11) is 0. The number of aromatic nitrogens is 1. The Bertz CT molecular complexity index is 542. The molecule has 0 aliphatic rings. The minimum absolute atomic E-state index is 0.0614. The summed E-state index contributed by atoms with van der Waals surface area (Å²) in [6.07, 6.45) is 0. The lowest BCUT2D eigenvalue weighted by molar-refractivity contribution is 0.593. The maximum Gasteiger partial charge on any atom is 0.230 e. The summed E-state index contributed by atoms with van der Waals surface area (Å²) in [5.41, 5.74) is 6.42. The van der Waals surface area contributed by atoms with Crippen molar-refractivity contribution in [2.24, 2.45) is 0 Å². The molecule has 2 rings (SSSR count). The van der Waals surface area contributed by atoms with Crippen molar-refractivity contribution in [3.05, 3.63) is 33.5 Å². The number of hydrogen-bond acceptors (Lipinski definition) is 4. The van der Waals surface area contributed by atoms with Crippen LogP contribution < -0.4 is 5.73 Å². The lowest BCUT2D eigenvalue weighted by atomic mass is 10.2. The van der Waals surface area contributed by atoms with Crippen molar-refractivity contribution in [2.75, 3.05) is 5.73 Å². The monoisotopic (exact) mass is 311 g/mol. The van der Waals surface area contributed by atoms with Crippen LogP contribution in [0.3, 0.4) is 0 Å². The maximum atomic E-state index is 8.68. The van der Waals surface area contributed by atoms with Crippen LogP contribution in [-0.4, -0.2) is 4.98 Å². The molecule has 4 nitrogen and oxygen atoms in total. The Morgan fingerprint density at radius 3 is 2.87 bits per heavy atom. The third kappa shape index (κ3) is 1.94. The highest BCUT2D eigenvalue weighted by molar-refractivity contribution is 14.1. The summed E-state index contributed by atoms with van der Waals surface area (Å²) in [5, 5.41) is 8.68. The number of benzene rings is 1. The highest BCUT2D eigenvalue weighted by atomic mass is 127. The standard InChI is InChI=1S/C10H6IN3O/c11-7-3-1-2-6(4-7)10-14-8(5-12)9(13)15-10/h1-4H,13H2. The molecule has 2 aromatic rings. The van der Waals surface area contributed by atoms with Crippen LogP contribution in [0.4, 0.5) is 5.88 Å². The van der Waals surface area contributed by atoms with E-state index in [1.54, 1.807) is 0 Å². The molecule has 74 valence electrons. The summed E-state index contributed by atoms with van der Waals surface area (Å²) >= 11 is 2.19. The molecule has 0 radical (unpaired) electrons. The molecule has 2 N–H and O–H groups in total. The third-order valence-electron chi connectivity index (χ3n) is 1.83. The summed E-state index contributed by atoms with van der Waals surface area (Å²) in [6, 6.07) is 9.49. The van der Waals surface area contributed by atoms with E-state index in [1.165, 1.54) is 0 Å². The second-order valence-corrected chi connectivity index (χ2v) is 4.10. The minimum Gasteiger partial charge on any atom is -0.419 e. The van der Waals surface area contributed by atoms with Gasteiger partial charge in [0.25, 0.3) is 0 Å². The van der Waals surface area contributed by atoms with Crippen molar-refractivity contribution in [2.45, 2.75) is 0 Å². The Hall–Kier alpha value is -1.55. The van der Waals surface area contributed by atoms with Crippen molar-refractivity contribution in [1.82, 2.24) is 4.98 Å². The molecule has 0 saturated carbocycles. The number of nitrogen functional groups attached to an aromatic ring is 1. The number of nitrogens with two attached hydrogens (primary N) is 1. The summed E-state index contributed by atoms with van der Waals surface area (Å²) < 4.78 is 6.26. The van der Waals surface area contributed by atoms with E-state index < -0.39 is 0 Å². The van der Waals surface area contributed by atoms with Crippen LogP contribution in [0.15, 0.2) is 28.7 Å². The second-order valence-electron chi connectivity index (χ2n) is 2.85. The Labute approximate surface area is 99.9 Å². The van der Waals surface area contributed by atoms with Crippen LogP contribution in [0.25, 0.3) is 11.5 Å². The number of nitriles is 1. The van der Waals surface area contributed by atoms with E-state index in [0.29, 0.717) is 5.89 Å². The average molecular weight is 311 g/mol. The van der Waals surface area contributed by atoms with Gasteiger partial charge in [-0.15, -0.1) is 0 Å². The van der Waals surface area contributed by atoms with E-state index in [4.69, 9.17) is 15.4 Å². The Kier molecular flexibility index (Phi) is 2.60. The first-order valence-corrected chi connectivity index (χ1v) is 5.21. The SMILES string of the molecule is N#Cc1nc(-c2cccc(I)c2)oc1N. The lowest BCUT2D eigenvalue weighted by Crippen LogP contribution is -1.84. The zero-order valence-electron chi connectivity index (χ0n) is 7.57. The smallest absolute Gasteiger partial charge is 0.230 e. The molecule has 15 heavy (non-hydrogen) atoms. The van der Waals surface area contributed by atoms with Gasteiger partial charge in [0, 0.05) is 9.13 Å². The van der Waals surface area contributed by atoms with Crippen molar-refractivity contribution in [1.29, 1.82) is 5.26 Å². The van der Waals surface area contributed by atoms with Crippen LogP contribution in [0.5, 0.6) is 0 Å². The first-order chi connectivity index (χ1) is 7.20. The number of rotatable bonds is 1. The zero-order valence-corrected chi connectivity index (χ0v) is 9.72. The van der Waals surface area contributed by atoms with E-state index in [-0.39, 0.29) is 11.6 Å². The number of halogens is 1. The molecule has 0 bridgehead atoms. The van der Waals surface area contributed by atoms with E-state index in [2.05, 4.69) is 27.6 Å². The highest BCUT2D eigenvalue weighted by Crippen LogP contribution is 2.24. The molecule has 0 aliphatic carbocycles. The highest BCUT2D eigenvalue weighted by Gasteiger charge is 2.11. The Balaban J connectivity index is 2.51. The summed E-state index contributed by atoms with van der Waals surface area (Å²) in [6.45, 7) is 0. The van der Waals surface area contributed by atoms with Crippen LogP contribution in [-0.2, 0) is 0 Å². The number of nitrogens with zero attached hydrogens (tertiary/aromatic N) is 2. The van der Waals surface area contributed by atoms with Gasteiger partial charge in [-0.1, -0.05) is 6.07 Å². The fourth-order valence-electron chi connectivity index (χ4n) is 1.16. The molecule has 0 amide bonds. The molecule has 0 unspecified atom stereocenters. The first kappa shape index (κ1) is 9.98. The predicted octanol–water partition coefficient (Wildman–Crippen LogP) is 2.40. The molecule has 1 heterocycles. The Morgan fingerprint density at radius 1 is 1.47 bits per heavy atom. The zero-order chi connectivity index (χ0) is 10.8. The quantitative estimate of drug-likeness (QED) is 0.821. The van der Waals surface area contributed by atoms with Crippen molar-refractivity contribution < 1.29 is 4.42 Å². The average Bonchev–Trinajstić information content (AvgIpc) is 2.60. The topological polar surface area (TPSA) is 75.8 Å². The van der Waals surface area contributed by atoms with Gasteiger partial charge in [0.05, 0.1) is 0 Å². The van der Waals surface area contributed by atoms with Crippen LogP contribution in [0.1, 0.15) is 5.69 Å². The van der Waals surface area contributed by atoms with Gasteiger partial charge in [-0.05, 0) is 40.8 Å². The van der Waals surface area contributed by atoms with Gasteiger partial charge in [-0.3, -0.25) is 0 Å². The van der Waals surface area contributed by atoms with Gasteiger partial charge < -0.3 is 10.2 Å². The normalized spacial score (nSPS) is 9.87. The fourth-order valence-corrected chi connectivity index (χ4v) is 1.70. The van der Waals surface area contributed by atoms with Gasteiger partial charge in [0.1, 0.15) is 6.07 Å². The molecule has 0 aliphatic heterocycles. The first-order valence-electron chi connectivity index (χ1n) is 4.13. The maximum absolute atomic E-state index is 8.68. The van der Waals surface area contributed by atoms with Crippen molar-refractivity contribution >= 4 is 28.5 Å². The lowest BCUT2D eigenvalue weighted by Gasteiger charge is -1.94. The van der Waals surface area contributed by atoms with Crippen molar-refractivity contribution in [3.63, 3.8) is 0 Å². The summed E-state index contributed by atoms with van der Waals surface area (Å²) in [5.74, 6) is 0.439. The van der Waals surface area contributed by atoms with E-state index in [9.17, 15) is 0 Å². The molecule has 0 saturated heterocycles. The molecule has 0 fully saturated rings. The van der Waals surface area contributed by atoms with Gasteiger partial charge in [-0.2, -0.15) is 10.2 Å². The van der Waals surface area contributed by atoms with Crippen LogP contribution in [0, 0.1) is 14.9 Å². The number of oxazole rings is 1. The van der Waals surface area contributed by atoms with E-state index in [1.807, 2.05) is 30.3 Å². The van der Waals surface area contributed by atoms with Gasteiger partial charge in [-0.25, -0.2) is 0 Å². The van der Waals surface area contributed by atoms with Crippen LogP contribution >= 0.6 is 22.6 Å². The largest absolute Gasteiger partial charge is 0.419 e. The van der Waals surface area contributed by atoms with Gasteiger partial charge >= 0.3 is 0 Å². The summed E-state index contributed by atoms with van der Waals surface area (Å²) in [4.78, 5) is 3.98. The minimum atomic E-state index is 0.0614. The third-order valence-corrected chi connectivity index (χ3v) is 2.50. The van der Waals surface area contributed by atoms with Gasteiger partial charge in [0.2, 0.25) is 17.5 Å². The molecule has 1 aromatic heterocycles. The molecule has 0 atom stereocenters. The second kappa shape index (κ2) is 3.90. The van der Waals surface area contributed by atoms with Gasteiger partial charge in [0.15, 0.2) is 0 Å². The van der Waals surface area contributed by atoms with Crippen molar-refractivity contribution in [3.8, 4) is 17.5 Å². The number of anilines is 1. The Morgan fingerprint density at radius 2 is 2.27 bits per heavy atom. The van der Waals surface area contributed by atoms with E-state index >= 15 is 0 Å². The molecule has 1 aromatic carbocycles. The van der Waals surface area contributed by atoms with Crippen LogP contribution in [0.2, 0.25) is 0 Å². The molecule has 0 spiro atoms. The molecular formula is C10H6IN3O.